The molecule has 498 valence electrons. The minimum absolute atomic E-state index is 0.104. The maximum atomic E-state index is 13.0. The van der Waals surface area contributed by atoms with Crippen molar-refractivity contribution in [2.75, 3.05) is 39.6 Å². The van der Waals surface area contributed by atoms with E-state index in [1.54, 1.807) is 0 Å². The Hall–Kier alpha value is -1.94. The second kappa shape index (κ2) is 55.2. The highest BCUT2D eigenvalue weighted by Gasteiger charge is 2.30. The largest absolute Gasteiger partial charge is 0.472 e. The van der Waals surface area contributed by atoms with Gasteiger partial charge in [-0.05, 0) is 49.4 Å². The number of rotatable bonds is 62. The van der Waals surface area contributed by atoms with Crippen LogP contribution in [0, 0.1) is 23.7 Å². The first-order valence-corrected chi connectivity index (χ1v) is 36.7. The Labute approximate surface area is 511 Å². The molecule has 0 rings (SSSR count). The lowest BCUT2D eigenvalue weighted by Crippen LogP contribution is -2.30. The second-order valence-corrected chi connectivity index (χ2v) is 28.1. The van der Waals surface area contributed by atoms with Crippen LogP contribution in [-0.4, -0.2) is 96.7 Å². The number of phosphoric ester groups is 2. The first-order valence-electron chi connectivity index (χ1n) is 33.7. The Morgan fingerprint density at radius 3 is 0.845 bits per heavy atom. The molecular weight excluding hydrogens is 1110 g/mol. The Kier molecular flexibility index (Phi) is 53.9. The molecule has 0 amide bonds. The number of phosphoric acid groups is 2. The third-order valence-electron chi connectivity index (χ3n) is 15.2. The highest BCUT2D eigenvalue weighted by molar-refractivity contribution is 7.47. The predicted octanol–water partition coefficient (Wildman–Crippen LogP) is 17.8. The zero-order chi connectivity index (χ0) is 62.5. The van der Waals surface area contributed by atoms with Gasteiger partial charge in [0, 0.05) is 25.7 Å². The fourth-order valence-corrected chi connectivity index (χ4v) is 11.2. The molecule has 84 heavy (non-hydrogen) atoms. The topological polar surface area (TPSA) is 237 Å². The molecule has 0 spiro atoms. The molecule has 0 saturated heterocycles. The number of unbranched alkanes of at least 4 members (excludes halogenated alkanes) is 27. The lowest BCUT2D eigenvalue weighted by Gasteiger charge is -2.21. The van der Waals surface area contributed by atoms with Crippen LogP contribution in [0.25, 0.3) is 0 Å². The number of carbonyl (C=O) groups excluding carboxylic acids is 4. The molecule has 0 aliphatic rings. The molecule has 0 heterocycles. The highest BCUT2D eigenvalue weighted by atomic mass is 31.2. The molecule has 0 saturated carbocycles. The monoisotopic (exact) mass is 1240 g/mol. The van der Waals surface area contributed by atoms with Gasteiger partial charge in [0.05, 0.1) is 26.4 Å². The van der Waals surface area contributed by atoms with Gasteiger partial charge < -0.3 is 33.8 Å². The number of aliphatic hydroxyl groups is 1. The lowest BCUT2D eigenvalue weighted by atomic mass is 10.00. The Morgan fingerprint density at radius 1 is 0.333 bits per heavy atom. The molecular formula is C65H126O17P2. The number of hydrogen-bond donors (Lipinski definition) is 3. The van der Waals surface area contributed by atoms with Crippen LogP contribution >= 0.6 is 15.6 Å². The summed E-state index contributed by atoms with van der Waals surface area (Å²) in [6.07, 6.45) is 35.0. The summed E-state index contributed by atoms with van der Waals surface area (Å²) in [7, 11) is -9.89. The maximum Gasteiger partial charge on any atom is 0.472 e. The van der Waals surface area contributed by atoms with Crippen molar-refractivity contribution in [2.24, 2.45) is 23.7 Å². The van der Waals surface area contributed by atoms with Gasteiger partial charge in [-0.25, -0.2) is 9.13 Å². The average Bonchev–Trinajstić information content (AvgIpc) is 3.46. The summed E-state index contributed by atoms with van der Waals surface area (Å²) in [6.45, 7) is 13.9. The zero-order valence-electron chi connectivity index (χ0n) is 54.5. The highest BCUT2D eigenvalue weighted by Crippen LogP contribution is 2.45. The first kappa shape index (κ1) is 82.1. The molecule has 17 nitrogen and oxygen atoms in total. The van der Waals surface area contributed by atoms with Crippen molar-refractivity contribution in [1.29, 1.82) is 0 Å². The van der Waals surface area contributed by atoms with Crippen molar-refractivity contribution in [3.05, 3.63) is 0 Å². The van der Waals surface area contributed by atoms with E-state index in [-0.39, 0.29) is 25.7 Å². The van der Waals surface area contributed by atoms with Crippen molar-refractivity contribution < 1.29 is 80.2 Å². The summed E-state index contributed by atoms with van der Waals surface area (Å²) in [5.41, 5.74) is 0. The van der Waals surface area contributed by atoms with E-state index in [9.17, 15) is 43.2 Å². The molecule has 0 bridgehead atoms. The Bertz CT molecular complexity index is 1680. The van der Waals surface area contributed by atoms with Crippen LogP contribution in [0.4, 0.5) is 0 Å². The third-order valence-corrected chi connectivity index (χ3v) is 17.1. The molecule has 3 unspecified atom stereocenters. The fourth-order valence-electron chi connectivity index (χ4n) is 9.57. The number of hydrogen-bond acceptors (Lipinski definition) is 15. The van der Waals surface area contributed by atoms with Gasteiger partial charge in [-0.15, -0.1) is 0 Å². The summed E-state index contributed by atoms with van der Waals surface area (Å²) in [5.74, 6) is 0.759. The second-order valence-electron chi connectivity index (χ2n) is 25.2. The SMILES string of the molecule is CCC(C)CCCCCCCCC(=O)OC[C@H](COP(=O)(O)OC[C@@H](O)COP(=O)(O)OC[C@@H](COC(=O)CCCCCCCCC(C)C)OC(=O)CCCCCCCCCCCCC(C)C)OC(=O)CCCCCCCCCCCC(C)C. The van der Waals surface area contributed by atoms with Gasteiger partial charge in [0.2, 0.25) is 0 Å². The molecule has 0 aromatic carbocycles. The van der Waals surface area contributed by atoms with E-state index in [0.29, 0.717) is 31.6 Å². The van der Waals surface area contributed by atoms with Gasteiger partial charge in [-0.1, -0.05) is 261 Å². The molecule has 0 radical (unpaired) electrons. The standard InChI is InChI=1S/C65H126O17P2/c1-9-58(8)44-36-28-22-24-30-38-46-63(68)76-52-61(82-65(70)48-40-32-20-16-12-14-18-26-34-42-56(4)5)54-80-84(73,74)78-50-59(66)49-77-83(71,72)79-53-60(51-75-62(67)45-37-29-23-21-27-35-43-57(6)7)81-64(69)47-39-31-19-15-11-10-13-17-25-33-41-55(2)3/h55-61,66H,9-54H2,1-8H3,(H,71,72)(H,73,74)/t58?,59-,60+,61+/m0/s1. The van der Waals surface area contributed by atoms with Crippen LogP contribution in [0.5, 0.6) is 0 Å². The molecule has 0 aliphatic carbocycles. The zero-order valence-corrected chi connectivity index (χ0v) is 56.3. The van der Waals surface area contributed by atoms with Crippen LogP contribution in [0.3, 0.4) is 0 Å². The van der Waals surface area contributed by atoms with Crippen molar-refractivity contribution >= 4 is 39.5 Å². The summed E-state index contributed by atoms with van der Waals surface area (Å²) in [5, 5.41) is 10.5. The lowest BCUT2D eigenvalue weighted by molar-refractivity contribution is -0.161. The van der Waals surface area contributed by atoms with Crippen LogP contribution in [0.2, 0.25) is 0 Å². The van der Waals surface area contributed by atoms with E-state index in [2.05, 4.69) is 55.4 Å². The first-order chi connectivity index (χ1) is 40.1. The number of ether oxygens (including phenoxy) is 4. The Balaban J connectivity index is 5.26. The third kappa shape index (κ3) is 57.8. The summed E-state index contributed by atoms with van der Waals surface area (Å²) < 4.78 is 68.0. The molecule has 0 aromatic heterocycles. The van der Waals surface area contributed by atoms with Gasteiger partial charge in [-0.3, -0.25) is 37.3 Å². The fraction of sp³-hybridized carbons (Fsp3) is 0.938. The maximum absolute atomic E-state index is 13.0. The molecule has 19 heteroatoms. The molecule has 6 atom stereocenters. The summed E-state index contributed by atoms with van der Waals surface area (Å²) in [6, 6.07) is 0. The van der Waals surface area contributed by atoms with Gasteiger partial charge in [-0.2, -0.15) is 0 Å². The van der Waals surface area contributed by atoms with E-state index < -0.39 is 97.5 Å². The molecule has 3 N–H and O–H groups in total. The van der Waals surface area contributed by atoms with E-state index in [1.165, 1.54) is 103 Å². The average molecular weight is 1240 g/mol. The van der Waals surface area contributed by atoms with E-state index >= 15 is 0 Å². The normalized spacial score (nSPS) is 14.7. The molecule has 0 aliphatic heterocycles. The van der Waals surface area contributed by atoms with Gasteiger partial charge in [0.15, 0.2) is 12.2 Å². The van der Waals surface area contributed by atoms with Crippen LogP contribution in [0.1, 0.15) is 312 Å². The van der Waals surface area contributed by atoms with Gasteiger partial charge >= 0.3 is 39.5 Å². The van der Waals surface area contributed by atoms with Gasteiger partial charge in [0.25, 0.3) is 0 Å². The van der Waals surface area contributed by atoms with Gasteiger partial charge in [0.1, 0.15) is 19.3 Å². The summed E-state index contributed by atoms with van der Waals surface area (Å²) >= 11 is 0. The van der Waals surface area contributed by atoms with Crippen molar-refractivity contribution in [2.45, 2.75) is 331 Å². The van der Waals surface area contributed by atoms with E-state index in [0.717, 1.165) is 120 Å². The van der Waals surface area contributed by atoms with Crippen LogP contribution < -0.4 is 0 Å². The quantitative estimate of drug-likeness (QED) is 0.0222. The Morgan fingerprint density at radius 2 is 0.571 bits per heavy atom. The number of aliphatic hydroxyl groups excluding tert-OH is 1. The molecule has 0 fully saturated rings. The van der Waals surface area contributed by atoms with E-state index in [1.807, 2.05) is 0 Å². The number of esters is 4. The minimum atomic E-state index is -4.95. The summed E-state index contributed by atoms with van der Waals surface area (Å²) in [4.78, 5) is 72.2. The predicted molar refractivity (Wildman–Crippen MR) is 335 cm³/mol. The van der Waals surface area contributed by atoms with E-state index in [4.69, 9.17) is 37.0 Å². The smallest absolute Gasteiger partial charge is 0.462 e. The van der Waals surface area contributed by atoms with Crippen molar-refractivity contribution in [1.82, 2.24) is 0 Å². The van der Waals surface area contributed by atoms with Crippen LogP contribution in [-0.2, 0) is 65.4 Å². The number of carbonyl (C=O) groups is 4. The van der Waals surface area contributed by atoms with Crippen molar-refractivity contribution in [3.63, 3.8) is 0 Å². The molecule has 0 aromatic rings. The van der Waals surface area contributed by atoms with Crippen LogP contribution in [0.15, 0.2) is 0 Å². The minimum Gasteiger partial charge on any atom is -0.462 e. The van der Waals surface area contributed by atoms with Crippen molar-refractivity contribution in [3.8, 4) is 0 Å².